The van der Waals surface area contributed by atoms with Gasteiger partial charge in [-0.15, -0.1) is 0 Å². The Morgan fingerprint density at radius 2 is 1.77 bits per heavy atom. The van der Waals surface area contributed by atoms with Crippen molar-refractivity contribution < 1.29 is 27.4 Å². The SMILES string of the molecule is Cc1cc(OCOC(=O)NCc2cccc(F)c2)c(Br)c(=O)n1-c1c(F)cccc1F. The summed E-state index contributed by atoms with van der Waals surface area (Å²) in [5.41, 5.74) is -0.525. The first-order valence-corrected chi connectivity index (χ1v) is 9.71. The number of carbonyl (C=O) groups excluding carboxylic acids is 1. The van der Waals surface area contributed by atoms with Crippen molar-refractivity contribution >= 4 is 22.0 Å². The second-order valence-electron chi connectivity index (χ2n) is 6.35. The molecule has 0 saturated carbocycles. The van der Waals surface area contributed by atoms with E-state index in [-0.39, 0.29) is 22.5 Å². The molecule has 0 fully saturated rings. The lowest BCUT2D eigenvalue weighted by atomic mass is 10.2. The van der Waals surface area contributed by atoms with Gasteiger partial charge in [0.25, 0.3) is 5.56 Å². The molecule has 0 aliphatic rings. The summed E-state index contributed by atoms with van der Waals surface area (Å²) in [5, 5.41) is 2.42. The number of nitrogens with one attached hydrogen (secondary N) is 1. The highest BCUT2D eigenvalue weighted by Crippen LogP contribution is 2.25. The quantitative estimate of drug-likeness (QED) is 0.506. The summed E-state index contributed by atoms with van der Waals surface area (Å²) in [6.07, 6.45) is -0.820. The fraction of sp³-hybridized carbons (Fsp3) is 0.143. The summed E-state index contributed by atoms with van der Waals surface area (Å²) in [4.78, 5) is 24.4. The number of hydrogen-bond donors (Lipinski definition) is 1. The van der Waals surface area contributed by atoms with Gasteiger partial charge in [0.05, 0.1) is 0 Å². The van der Waals surface area contributed by atoms with Gasteiger partial charge in [-0.1, -0.05) is 18.2 Å². The molecule has 162 valence electrons. The molecule has 0 saturated heterocycles. The third kappa shape index (κ3) is 5.26. The molecule has 3 rings (SSSR count). The minimum Gasteiger partial charge on any atom is -0.456 e. The molecule has 10 heteroatoms. The summed E-state index contributed by atoms with van der Waals surface area (Å²) < 4.78 is 52.3. The summed E-state index contributed by atoms with van der Waals surface area (Å²) in [7, 11) is 0. The van der Waals surface area contributed by atoms with Gasteiger partial charge in [0.2, 0.25) is 6.79 Å². The number of hydrogen-bond acceptors (Lipinski definition) is 4. The van der Waals surface area contributed by atoms with E-state index in [1.807, 2.05) is 0 Å². The molecule has 6 nitrogen and oxygen atoms in total. The van der Waals surface area contributed by atoms with Crippen molar-refractivity contribution in [1.29, 1.82) is 0 Å². The summed E-state index contributed by atoms with van der Waals surface area (Å²) >= 11 is 3.05. The van der Waals surface area contributed by atoms with Crippen molar-refractivity contribution in [2.45, 2.75) is 13.5 Å². The van der Waals surface area contributed by atoms with Crippen molar-refractivity contribution in [1.82, 2.24) is 9.88 Å². The molecule has 1 N–H and O–H groups in total. The number of halogens is 4. The van der Waals surface area contributed by atoms with Crippen LogP contribution in [-0.4, -0.2) is 17.5 Å². The van der Waals surface area contributed by atoms with E-state index < -0.39 is 41.6 Å². The number of aromatic nitrogens is 1. The smallest absolute Gasteiger partial charge is 0.410 e. The van der Waals surface area contributed by atoms with E-state index in [1.165, 1.54) is 37.3 Å². The number of rotatable bonds is 6. The molecule has 3 aromatic rings. The first kappa shape index (κ1) is 22.4. The van der Waals surface area contributed by atoms with Gasteiger partial charge in [-0.2, -0.15) is 0 Å². The fourth-order valence-corrected chi connectivity index (χ4v) is 3.19. The molecule has 2 aromatic carbocycles. The van der Waals surface area contributed by atoms with Gasteiger partial charge >= 0.3 is 6.09 Å². The molecule has 1 aromatic heterocycles. The van der Waals surface area contributed by atoms with Crippen LogP contribution in [0.2, 0.25) is 0 Å². The van der Waals surface area contributed by atoms with Crippen LogP contribution in [0.1, 0.15) is 11.3 Å². The average molecular weight is 497 g/mol. The lowest BCUT2D eigenvalue weighted by molar-refractivity contribution is 0.0586. The molecule has 0 radical (unpaired) electrons. The highest BCUT2D eigenvalue weighted by atomic mass is 79.9. The molecular formula is C21H16BrF3N2O4. The maximum absolute atomic E-state index is 14.1. The molecule has 0 spiro atoms. The topological polar surface area (TPSA) is 69.6 Å². The lowest BCUT2D eigenvalue weighted by Crippen LogP contribution is -2.26. The molecule has 0 aliphatic heterocycles. The van der Waals surface area contributed by atoms with Gasteiger partial charge in [-0.25, -0.2) is 18.0 Å². The minimum atomic E-state index is -0.899. The van der Waals surface area contributed by atoms with Crippen molar-refractivity contribution in [2.75, 3.05) is 6.79 Å². The van der Waals surface area contributed by atoms with Crippen LogP contribution in [0.3, 0.4) is 0 Å². The molecule has 0 atom stereocenters. The van der Waals surface area contributed by atoms with Crippen LogP contribution in [-0.2, 0) is 11.3 Å². The van der Waals surface area contributed by atoms with E-state index in [9.17, 15) is 22.8 Å². The Balaban J connectivity index is 1.66. The van der Waals surface area contributed by atoms with Crippen molar-refractivity contribution in [2.24, 2.45) is 0 Å². The van der Waals surface area contributed by atoms with Crippen LogP contribution in [0, 0.1) is 24.4 Å². The number of alkyl carbamates (subject to hydrolysis) is 1. The van der Waals surface area contributed by atoms with E-state index in [4.69, 9.17) is 9.47 Å². The monoisotopic (exact) mass is 496 g/mol. The summed E-state index contributed by atoms with van der Waals surface area (Å²) in [6, 6.07) is 10.3. The third-order valence-corrected chi connectivity index (χ3v) is 4.92. The van der Waals surface area contributed by atoms with Crippen LogP contribution >= 0.6 is 15.9 Å². The number of benzene rings is 2. The fourth-order valence-electron chi connectivity index (χ4n) is 2.79. The molecule has 0 bridgehead atoms. The Morgan fingerprint density at radius 1 is 1.10 bits per heavy atom. The summed E-state index contributed by atoms with van der Waals surface area (Å²) in [5.74, 6) is -2.21. The van der Waals surface area contributed by atoms with E-state index in [0.717, 1.165) is 16.7 Å². The van der Waals surface area contributed by atoms with Gasteiger partial charge in [0.15, 0.2) is 0 Å². The van der Waals surface area contributed by atoms with Crippen molar-refractivity contribution in [3.05, 3.63) is 92.1 Å². The third-order valence-electron chi connectivity index (χ3n) is 4.19. The maximum Gasteiger partial charge on any atom is 0.410 e. The lowest BCUT2D eigenvalue weighted by Gasteiger charge is -2.15. The molecule has 31 heavy (non-hydrogen) atoms. The summed E-state index contributed by atoms with van der Waals surface area (Å²) in [6.45, 7) is 0.979. The second-order valence-corrected chi connectivity index (χ2v) is 7.15. The Labute approximate surface area is 183 Å². The van der Waals surface area contributed by atoms with Crippen LogP contribution in [0.25, 0.3) is 5.69 Å². The first-order valence-electron chi connectivity index (χ1n) is 8.92. The zero-order valence-corrected chi connectivity index (χ0v) is 17.7. The predicted molar refractivity (Wildman–Crippen MR) is 110 cm³/mol. The zero-order valence-electron chi connectivity index (χ0n) is 16.1. The van der Waals surface area contributed by atoms with E-state index in [0.29, 0.717) is 5.56 Å². The van der Waals surface area contributed by atoms with Crippen LogP contribution in [0.5, 0.6) is 5.75 Å². The normalized spacial score (nSPS) is 10.6. The first-order chi connectivity index (χ1) is 14.8. The molecular weight excluding hydrogens is 481 g/mol. The van der Waals surface area contributed by atoms with Gasteiger partial charge < -0.3 is 14.8 Å². The maximum atomic E-state index is 14.1. The highest BCUT2D eigenvalue weighted by molar-refractivity contribution is 9.10. The molecule has 1 amide bonds. The predicted octanol–water partition coefficient (Wildman–Crippen LogP) is 4.59. The van der Waals surface area contributed by atoms with Crippen molar-refractivity contribution in [3.8, 4) is 11.4 Å². The second kappa shape index (κ2) is 9.69. The highest BCUT2D eigenvalue weighted by Gasteiger charge is 2.19. The Morgan fingerprint density at radius 3 is 2.45 bits per heavy atom. The van der Waals surface area contributed by atoms with E-state index >= 15 is 0 Å². The number of amides is 1. The van der Waals surface area contributed by atoms with Crippen LogP contribution < -0.4 is 15.6 Å². The van der Waals surface area contributed by atoms with Gasteiger partial charge in [-0.3, -0.25) is 9.36 Å². The molecule has 1 heterocycles. The number of carbonyl (C=O) groups is 1. The van der Waals surface area contributed by atoms with Gasteiger partial charge in [0, 0.05) is 18.3 Å². The number of nitrogens with zero attached hydrogens (tertiary/aromatic N) is 1. The average Bonchev–Trinajstić information content (AvgIpc) is 2.72. The number of aryl methyl sites for hydroxylation is 1. The van der Waals surface area contributed by atoms with Crippen LogP contribution in [0.15, 0.2) is 57.8 Å². The number of pyridine rings is 1. The van der Waals surface area contributed by atoms with Gasteiger partial charge in [0.1, 0.15) is 33.4 Å². The Kier molecular flexibility index (Phi) is 7.01. The Hall–Kier alpha value is -3.27. The minimum absolute atomic E-state index is 0.0217. The van der Waals surface area contributed by atoms with Gasteiger partial charge in [-0.05, 0) is 52.7 Å². The molecule has 0 aliphatic carbocycles. The van der Waals surface area contributed by atoms with Crippen LogP contribution in [0.4, 0.5) is 18.0 Å². The van der Waals surface area contributed by atoms with Crippen molar-refractivity contribution in [3.63, 3.8) is 0 Å². The standard InChI is InChI=1S/C21H16BrF3N2O4/c1-12-8-17(18(22)20(28)27(12)19-15(24)6-3-7-16(19)25)30-11-31-21(29)26-10-13-4-2-5-14(23)9-13/h2-9H,10-11H2,1H3,(H,26,29). The largest absolute Gasteiger partial charge is 0.456 e. The molecule has 0 unspecified atom stereocenters. The van der Waals surface area contributed by atoms with E-state index in [1.54, 1.807) is 6.07 Å². The van der Waals surface area contributed by atoms with E-state index in [2.05, 4.69) is 21.2 Å². The zero-order chi connectivity index (χ0) is 22.5. The Bertz CT molecular complexity index is 1160. The number of ether oxygens (including phenoxy) is 2. The number of para-hydroxylation sites is 1.